The average Bonchev–Trinajstić information content (AvgIpc) is 2.21. The van der Waals surface area contributed by atoms with Crippen LogP contribution in [0.2, 0.25) is 0 Å². The molecule has 1 nitrogen and oxygen atoms in total. The van der Waals surface area contributed by atoms with Gasteiger partial charge in [-0.15, -0.1) is 0 Å². The Hall–Kier alpha value is -0.460. The number of rotatable bonds is 2. The molecule has 0 saturated carbocycles. The second-order valence-electron chi connectivity index (χ2n) is 2.97. The Morgan fingerprint density at radius 1 is 1.17 bits per heavy atom. The summed E-state index contributed by atoms with van der Waals surface area (Å²) in [5.41, 5.74) is 1.32. The summed E-state index contributed by atoms with van der Waals surface area (Å²) in [6.45, 7) is 12.7. The zero-order valence-electron chi connectivity index (χ0n) is 8.90. The first-order valence-electron chi connectivity index (χ1n) is 5.27. The summed E-state index contributed by atoms with van der Waals surface area (Å²) >= 11 is 0. The third kappa shape index (κ3) is 3.80. The van der Waals surface area contributed by atoms with Crippen LogP contribution in [0.3, 0.4) is 0 Å². The Labute approximate surface area is 77.5 Å². The summed E-state index contributed by atoms with van der Waals surface area (Å²) in [6, 6.07) is 0. The molecule has 0 aromatic rings. The molecule has 0 spiro atoms. The summed E-state index contributed by atoms with van der Waals surface area (Å²) in [5.74, 6) is 0. The van der Waals surface area contributed by atoms with Crippen molar-refractivity contribution in [3.63, 3.8) is 0 Å². The first-order valence-corrected chi connectivity index (χ1v) is 5.27. The number of allylic oxidation sites excluding steroid dienone is 1. The van der Waals surface area contributed by atoms with Crippen LogP contribution in [0.4, 0.5) is 0 Å². The summed E-state index contributed by atoms with van der Waals surface area (Å²) in [5, 5.41) is 0. The quantitative estimate of drug-likeness (QED) is 0.612. The highest BCUT2D eigenvalue weighted by Crippen LogP contribution is 2.14. The van der Waals surface area contributed by atoms with Crippen molar-refractivity contribution in [2.75, 3.05) is 13.1 Å². The van der Waals surface area contributed by atoms with Crippen LogP contribution in [0.5, 0.6) is 0 Å². The van der Waals surface area contributed by atoms with E-state index in [4.69, 9.17) is 0 Å². The Balaban J connectivity index is 0.000000561. The van der Waals surface area contributed by atoms with Crippen LogP contribution in [-0.2, 0) is 0 Å². The molecule has 0 radical (unpaired) electrons. The predicted molar refractivity (Wildman–Crippen MR) is 56.2 cm³/mol. The minimum atomic E-state index is 1.11. The van der Waals surface area contributed by atoms with Crippen molar-refractivity contribution in [1.29, 1.82) is 0 Å². The maximum absolute atomic E-state index is 4.02. The molecule has 0 aliphatic carbocycles. The standard InChI is InChI=1S/C9H17N.C2H6/c1-3-9(2)10-7-5-4-6-8-10;1-2/h2-8H2,1H3;1-2H3. The van der Waals surface area contributed by atoms with E-state index >= 15 is 0 Å². The molecule has 1 rings (SSSR count). The molecule has 0 amide bonds. The van der Waals surface area contributed by atoms with Gasteiger partial charge in [-0.2, -0.15) is 0 Å². The zero-order valence-corrected chi connectivity index (χ0v) is 8.90. The number of hydrogen-bond donors (Lipinski definition) is 0. The minimum Gasteiger partial charge on any atom is -0.375 e. The largest absolute Gasteiger partial charge is 0.375 e. The summed E-state index contributed by atoms with van der Waals surface area (Å²) < 4.78 is 0. The van der Waals surface area contributed by atoms with E-state index in [0.29, 0.717) is 0 Å². The van der Waals surface area contributed by atoms with Gasteiger partial charge in [0.15, 0.2) is 0 Å². The van der Waals surface area contributed by atoms with Gasteiger partial charge < -0.3 is 4.90 Å². The third-order valence-electron chi connectivity index (χ3n) is 2.21. The normalized spacial score (nSPS) is 16.4. The lowest BCUT2D eigenvalue weighted by molar-refractivity contribution is 0.280. The third-order valence-corrected chi connectivity index (χ3v) is 2.21. The number of likely N-dealkylation sites (tertiary alicyclic amines) is 1. The molecule has 0 atom stereocenters. The lowest BCUT2D eigenvalue weighted by Crippen LogP contribution is -2.28. The molecule has 72 valence electrons. The molecule has 0 aromatic carbocycles. The predicted octanol–water partition coefficient (Wildman–Crippen LogP) is 3.42. The van der Waals surface area contributed by atoms with E-state index in [0.717, 1.165) is 6.42 Å². The van der Waals surface area contributed by atoms with Gasteiger partial charge >= 0.3 is 0 Å². The fourth-order valence-electron chi connectivity index (χ4n) is 1.43. The van der Waals surface area contributed by atoms with E-state index in [-0.39, 0.29) is 0 Å². The smallest absolute Gasteiger partial charge is 0.0174 e. The topological polar surface area (TPSA) is 3.24 Å². The SMILES string of the molecule is C=C(CC)N1CCCCC1.CC. The lowest BCUT2D eigenvalue weighted by Gasteiger charge is -2.29. The second kappa shape index (κ2) is 7.20. The van der Waals surface area contributed by atoms with Gasteiger partial charge in [0.1, 0.15) is 0 Å². The van der Waals surface area contributed by atoms with E-state index in [1.807, 2.05) is 13.8 Å². The van der Waals surface area contributed by atoms with Crippen molar-refractivity contribution < 1.29 is 0 Å². The number of hydrogen-bond acceptors (Lipinski definition) is 1. The number of piperidine rings is 1. The zero-order chi connectivity index (χ0) is 9.40. The van der Waals surface area contributed by atoms with Gasteiger partial charge in [-0.1, -0.05) is 27.4 Å². The van der Waals surface area contributed by atoms with E-state index < -0.39 is 0 Å². The van der Waals surface area contributed by atoms with Crippen LogP contribution in [0.25, 0.3) is 0 Å². The van der Waals surface area contributed by atoms with Crippen LogP contribution in [-0.4, -0.2) is 18.0 Å². The van der Waals surface area contributed by atoms with Gasteiger partial charge in [-0.25, -0.2) is 0 Å². The van der Waals surface area contributed by atoms with Crippen LogP contribution in [0.1, 0.15) is 46.5 Å². The fourth-order valence-corrected chi connectivity index (χ4v) is 1.43. The van der Waals surface area contributed by atoms with Gasteiger partial charge in [0.2, 0.25) is 0 Å². The van der Waals surface area contributed by atoms with Gasteiger partial charge in [-0.3, -0.25) is 0 Å². The molecule has 1 aliphatic rings. The van der Waals surface area contributed by atoms with Gasteiger partial charge in [-0.05, 0) is 25.7 Å². The molecule has 1 aliphatic heterocycles. The highest BCUT2D eigenvalue weighted by atomic mass is 15.1. The molecule has 1 fully saturated rings. The average molecular weight is 169 g/mol. The Bertz CT molecular complexity index is 112. The Morgan fingerprint density at radius 2 is 1.67 bits per heavy atom. The monoisotopic (exact) mass is 169 g/mol. The van der Waals surface area contributed by atoms with E-state index in [2.05, 4.69) is 18.4 Å². The van der Waals surface area contributed by atoms with Crippen molar-refractivity contribution >= 4 is 0 Å². The molecule has 1 heterocycles. The molecule has 0 bridgehead atoms. The highest BCUT2D eigenvalue weighted by molar-refractivity contribution is 4.93. The van der Waals surface area contributed by atoms with Gasteiger partial charge in [0.25, 0.3) is 0 Å². The maximum Gasteiger partial charge on any atom is 0.0174 e. The van der Waals surface area contributed by atoms with Crippen molar-refractivity contribution in [3.8, 4) is 0 Å². The Morgan fingerprint density at radius 3 is 2.08 bits per heavy atom. The van der Waals surface area contributed by atoms with Crippen LogP contribution < -0.4 is 0 Å². The summed E-state index contributed by atoms with van der Waals surface area (Å²) in [4.78, 5) is 2.42. The molecule has 1 heteroatoms. The van der Waals surface area contributed by atoms with Crippen molar-refractivity contribution in [3.05, 3.63) is 12.3 Å². The molecule has 0 aromatic heterocycles. The molecular weight excluding hydrogens is 146 g/mol. The fraction of sp³-hybridized carbons (Fsp3) is 0.818. The molecule has 0 unspecified atom stereocenters. The van der Waals surface area contributed by atoms with E-state index in [1.165, 1.54) is 38.0 Å². The van der Waals surface area contributed by atoms with Crippen LogP contribution in [0.15, 0.2) is 12.3 Å². The van der Waals surface area contributed by atoms with Crippen molar-refractivity contribution in [2.24, 2.45) is 0 Å². The van der Waals surface area contributed by atoms with Crippen LogP contribution >= 0.6 is 0 Å². The number of nitrogens with zero attached hydrogens (tertiary/aromatic N) is 1. The Kier molecular flexibility index (Phi) is 6.93. The molecule has 12 heavy (non-hydrogen) atoms. The van der Waals surface area contributed by atoms with Crippen molar-refractivity contribution in [1.82, 2.24) is 4.90 Å². The molecule has 0 N–H and O–H groups in total. The summed E-state index contributed by atoms with van der Waals surface area (Å²) in [7, 11) is 0. The van der Waals surface area contributed by atoms with Gasteiger partial charge in [0, 0.05) is 18.8 Å². The molecular formula is C11H23N. The minimum absolute atomic E-state index is 1.11. The summed E-state index contributed by atoms with van der Waals surface area (Å²) in [6.07, 6.45) is 5.24. The first-order chi connectivity index (χ1) is 5.84. The maximum atomic E-state index is 4.02. The highest BCUT2D eigenvalue weighted by Gasteiger charge is 2.09. The van der Waals surface area contributed by atoms with E-state index in [1.54, 1.807) is 0 Å². The molecule has 1 saturated heterocycles. The van der Waals surface area contributed by atoms with Gasteiger partial charge in [0.05, 0.1) is 0 Å². The van der Waals surface area contributed by atoms with Crippen molar-refractivity contribution in [2.45, 2.75) is 46.5 Å². The lowest BCUT2D eigenvalue weighted by atomic mass is 10.1. The van der Waals surface area contributed by atoms with Crippen LogP contribution in [0, 0.1) is 0 Å². The first kappa shape index (κ1) is 11.5. The second-order valence-corrected chi connectivity index (χ2v) is 2.97. The van der Waals surface area contributed by atoms with E-state index in [9.17, 15) is 0 Å².